The van der Waals surface area contributed by atoms with Crippen LogP contribution in [0.15, 0.2) is 107 Å². The van der Waals surface area contributed by atoms with Crippen molar-refractivity contribution in [3.63, 3.8) is 0 Å². The molecule has 0 unspecified atom stereocenters. The van der Waals surface area contributed by atoms with Gasteiger partial charge in [0.05, 0.1) is 0 Å². The van der Waals surface area contributed by atoms with Crippen molar-refractivity contribution in [2.75, 3.05) is 0 Å². The van der Waals surface area contributed by atoms with E-state index >= 15 is 0 Å². The lowest BCUT2D eigenvalue weighted by Gasteiger charge is -1.90. The van der Waals surface area contributed by atoms with E-state index in [2.05, 4.69) is 0 Å². The summed E-state index contributed by atoms with van der Waals surface area (Å²) >= 11 is 0. The summed E-state index contributed by atoms with van der Waals surface area (Å²) in [6, 6.07) is 0. The summed E-state index contributed by atoms with van der Waals surface area (Å²) in [4.78, 5) is 20.9. The Labute approximate surface area is 167 Å². The van der Waals surface area contributed by atoms with Crippen LogP contribution < -0.4 is 0 Å². The van der Waals surface area contributed by atoms with E-state index in [0.717, 1.165) is 34.4 Å². The molecular weight excluding hydrogens is 352 g/mol. The van der Waals surface area contributed by atoms with Gasteiger partial charge in [-0.2, -0.15) is 0 Å². The molecule has 0 saturated carbocycles. The van der Waals surface area contributed by atoms with Gasteiger partial charge >= 0.3 is 11.9 Å². The standard InChI is InChI=1S/C24H28O4/c1-19(11-7-13-21(3)15-17-23(25)26)9-5-6-10-20(2)12-8-14-22(4)16-18-24(27)28/h5-18H,1-4H3,(H,25,26)(H,27,28)/b6-5?,11-7+,12-8?,17-15+,18-16+,19-9?,20-10?,21-13+,22-14?. The number of allylic oxidation sites excluding steroid dienone is 16. The molecule has 0 heterocycles. The number of carboxylic acid groups (broad SMARTS) is 2. The Kier molecular flexibility index (Phi) is 12.9. The van der Waals surface area contributed by atoms with E-state index < -0.39 is 11.9 Å². The van der Waals surface area contributed by atoms with Gasteiger partial charge in [0, 0.05) is 12.2 Å². The van der Waals surface area contributed by atoms with Gasteiger partial charge in [-0.3, -0.25) is 0 Å². The first-order valence-electron chi connectivity index (χ1n) is 8.74. The molecule has 0 aromatic heterocycles. The van der Waals surface area contributed by atoms with E-state index in [1.807, 2.05) is 88.5 Å². The summed E-state index contributed by atoms with van der Waals surface area (Å²) in [5.74, 6) is -1.92. The second kappa shape index (κ2) is 14.7. The molecule has 0 atom stereocenters. The van der Waals surface area contributed by atoms with Crippen LogP contribution in [0.2, 0.25) is 0 Å². The Balaban J connectivity index is 4.66. The number of aliphatic carboxylic acids is 2. The zero-order valence-corrected chi connectivity index (χ0v) is 16.8. The Morgan fingerprint density at radius 2 is 0.750 bits per heavy atom. The number of rotatable bonds is 10. The molecule has 0 fully saturated rings. The third-order valence-electron chi connectivity index (χ3n) is 3.24. The normalized spacial score (nSPS) is 15.1. The first-order valence-corrected chi connectivity index (χ1v) is 8.74. The third-order valence-corrected chi connectivity index (χ3v) is 3.24. The zero-order chi connectivity index (χ0) is 21.4. The minimum atomic E-state index is -0.961. The van der Waals surface area contributed by atoms with Crippen LogP contribution in [-0.2, 0) is 9.59 Å². The Morgan fingerprint density at radius 1 is 0.464 bits per heavy atom. The van der Waals surface area contributed by atoms with Crippen LogP contribution in [0.5, 0.6) is 0 Å². The molecule has 0 aliphatic carbocycles. The Hall–Kier alpha value is -3.40. The van der Waals surface area contributed by atoms with Crippen LogP contribution in [0, 0.1) is 0 Å². The third kappa shape index (κ3) is 16.1. The molecule has 2 N–H and O–H groups in total. The van der Waals surface area contributed by atoms with Gasteiger partial charge < -0.3 is 10.2 Å². The van der Waals surface area contributed by atoms with Crippen LogP contribution in [0.3, 0.4) is 0 Å². The largest absolute Gasteiger partial charge is 0.478 e. The molecule has 28 heavy (non-hydrogen) atoms. The highest BCUT2D eigenvalue weighted by Crippen LogP contribution is 2.02. The van der Waals surface area contributed by atoms with E-state index in [1.165, 1.54) is 0 Å². The van der Waals surface area contributed by atoms with Gasteiger partial charge in [0.1, 0.15) is 0 Å². The van der Waals surface area contributed by atoms with Gasteiger partial charge in [-0.05, 0) is 27.7 Å². The topological polar surface area (TPSA) is 74.6 Å². The highest BCUT2D eigenvalue weighted by molar-refractivity contribution is 5.80. The molecule has 0 aliphatic heterocycles. The molecule has 0 saturated heterocycles. The fourth-order valence-electron chi connectivity index (χ4n) is 1.75. The van der Waals surface area contributed by atoms with Crippen LogP contribution in [0.4, 0.5) is 0 Å². The molecule has 0 radical (unpaired) electrons. The quantitative estimate of drug-likeness (QED) is 0.375. The maximum atomic E-state index is 10.4. The highest BCUT2D eigenvalue weighted by atomic mass is 16.4. The molecule has 0 aliphatic rings. The molecule has 4 nitrogen and oxygen atoms in total. The summed E-state index contributed by atoms with van der Waals surface area (Å²) in [6.07, 6.45) is 24.5. The van der Waals surface area contributed by atoms with Crippen molar-refractivity contribution in [3.05, 3.63) is 107 Å². The summed E-state index contributed by atoms with van der Waals surface area (Å²) < 4.78 is 0. The smallest absolute Gasteiger partial charge is 0.328 e. The van der Waals surface area contributed by atoms with Crippen molar-refractivity contribution in [1.29, 1.82) is 0 Å². The van der Waals surface area contributed by atoms with Crippen molar-refractivity contribution in [2.24, 2.45) is 0 Å². The van der Waals surface area contributed by atoms with E-state index in [0.29, 0.717) is 0 Å². The first kappa shape index (κ1) is 24.6. The number of carboxylic acids is 2. The predicted octanol–water partition coefficient (Wildman–Crippen LogP) is 5.72. The summed E-state index contributed by atoms with van der Waals surface area (Å²) in [5, 5.41) is 17.1. The van der Waals surface area contributed by atoms with Gasteiger partial charge in [-0.25, -0.2) is 9.59 Å². The maximum absolute atomic E-state index is 10.4. The fraction of sp³-hybridized carbons (Fsp3) is 0.167. The second-order valence-corrected chi connectivity index (χ2v) is 6.09. The molecular formula is C24H28O4. The summed E-state index contributed by atoms with van der Waals surface area (Å²) in [7, 11) is 0. The second-order valence-electron chi connectivity index (χ2n) is 6.09. The minimum absolute atomic E-state index is 0.857. The molecule has 0 aromatic carbocycles. The SMILES string of the molecule is CC(C=CC=C(C)/C=C/C(=O)O)=CC=CC=C(C)/C=C/C=C(C)/C=C/C(=O)O. The molecule has 0 aromatic rings. The van der Waals surface area contributed by atoms with Gasteiger partial charge in [0.15, 0.2) is 0 Å². The van der Waals surface area contributed by atoms with E-state index in [-0.39, 0.29) is 0 Å². The lowest BCUT2D eigenvalue weighted by molar-refractivity contribution is -0.132. The number of hydrogen-bond acceptors (Lipinski definition) is 2. The average molecular weight is 380 g/mol. The molecule has 4 heteroatoms. The Bertz CT molecular complexity index is 740. The van der Waals surface area contributed by atoms with Gasteiger partial charge in [0.2, 0.25) is 0 Å². The van der Waals surface area contributed by atoms with E-state index in [9.17, 15) is 9.59 Å². The van der Waals surface area contributed by atoms with Crippen LogP contribution >= 0.6 is 0 Å². The van der Waals surface area contributed by atoms with Crippen LogP contribution in [0.1, 0.15) is 27.7 Å². The zero-order valence-electron chi connectivity index (χ0n) is 16.8. The van der Waals surface area contributed by atoms with Gasteiger partial charge in [-0.15, -0.1) is 0 Å². The maximum Gasteiger partial charge on any atom is 0.328 e. The summed E-state index contributed by atoms with van der Waals surface area (Å²) in [6.45, 7) is 7.63. The lowest BCUT2D eigenvalue weighted by atomic mass is 10.2. The first-order chi connectivity index (χ1) is 13.2. The van der Waals surface area contributed by atoms with Crippen molar-refractivity contribution in [1.82, 2.24) is 0 Å². The lowest BCUT2D eigenvalue weighted by Crippen LogP contribution is -1.85. The van der Waals surface area contributed by atoms with E-state index in [1.54, 1.807) is 12.2 Å². The molecule has 0 bridgehead atoms. The Morgan fingerprint density at radius 3 is 1.07 bits per heavy atom. The number of carbonyl (C=O) groups is 2. The number of hydrogen-bond donors (Lipinski definition) is 2. The predicted molar refractivity (Wildman–Crippen MR) is 116 cm³/mol. The molecule has 0 spiro atoms. The minimum Gasteiger partial charge on any atom is -0.478 e. The fourth-order valence-corrected chi connectivity index (χ4v) is 1.75. The van der Waals surface area contributed by atoms with Crippen molar-refractivity contribution in [2.45, 2.75) is 27.7 Å². The van der Waals surface area contributed by atoms with E-state index in [4.69, 9.17) is 10.2 Å². The van der Waals surface area contributed by atoms with Crippen molar-refractivity contribution < 1.29 is 19.8 Å². The van der Waals surface area contributed by atoms with Crippen molar-refractivity contribution in [3.8, 4) is 0 Å². The summed E-state index contributed by atoms with van der Waals surface area (Å²) in [5.41, 5.74) is 3.84. The highest BCUT2D eigenvalue weighted by Gasteiger charge is 1.86. The molecule has 0 rings (SSSR count). The molecule has 148 valence electrons. The van der Waals surface area contributed by atoms with Gasteiger partial charge in [-0.1, -0.05) is 95.2 Å². The van der Waals surface area contributed by atoms with Crippen LogP contribution in [0.25, 0.3) is 0 Å². The van der Waals surface area contributed by atoms with Gasteiger partial charge in [0.25, 0.3) is 0 Å². The van der Waals surface area contributed by atoms with Crippen LogP contribution in [-0.4, -0.2) is 22.2 Å². The monoisotopic (exact) mass is 380 g/mol. The van der Waals surface area contributed by atoms with Crippen molar-refractivity contribution >= 4 is 11.9 Å². The molecule has 0 amide bonds. The average Bonchev–Trinajstić information content (AvgIpc) is 2.61.